The first kappa shape index (κ1) is 24.7. The molecule has 8 nitrogen and oxygen atoms in total. The molecule has 0 atom stereocenters. The van der Waals surface area contributed by atoms with Crippen LogP contribution in [0.25, 0.3) is 5.69 Å². The molecule has 0 bridgehead atoms. The van der Waals surface area contributed by atoms with Gasteiger partial charge in [0.25, 0.3) is 0 Å². The van der Waals surface area contributed by atoms with E-state index in [0.29, 0.717) is 5.56 Å². The number of carbonyl (C=O) groups is 1. The summed E-state index contributed by atoms with van der Waals surface area (Å²) in [7, 11) is -2.65. The van der Waals surface area contributed by atoms with Gasteiger partial charge in [-0.25, -0.2) is 27.3 Å². The Morgan fingerprint density at radius 2 is 1.91 bits per heavy atom. The average Bonchev–Trinajstić information content (AvgIpc) is 3.13. The van der Waals surface area contributed by atoms with Gasteiger partial charge in [-0.05, 0) is 57.5 Å². The standard InChI is InChI=1S/C22H24ClFN4O4S/c1-14-6-8-17(24)18(10-14)28-20(33(30,31)16-7-9-19(23)25-12-16)11-15(26-28)13-27(5)21(29)32-22(2,3)4/h6-12H,13H2,1-5H3. The molecule has 176 valence electrons. The molecular weight excluding hydrogens is 471 g/mol. The van der Waals surface area contributed by atoms with Crippen molar-refractivity contribution in [1.29, 1.82) is 0 Å². The van der Waals surface area contributed by atoms with E-state index in [1.807, 2.05) is 0 Å². The molecule has 11 heteroatoms. The van der Waals surface area contributed by atoms with Crippen LogP contribution in [0, 0.1) is 12.7 Å². The van der Waals surface area contributed by atoms with Crippen LogP contribution in [0.5, 0.6) is 0 Å². The minimum Gasteiger partial charge on any atom is -0.444 e. The van der Waals surface area contributed by atoms with E-state index >= 15 is 0 Å². The van der Waals surface area contributed by atoms with Gasteiger partial charge in [0.05, 0.1) is 17.1 Å². The molecule has 3 rings (SSSR count). The number of carbonyl (C=O) groups excluding carboxylic acids is 1. The summed E-state index contributed by atoms with van der Waals surface area (Å²) in [5, 5.41) is 4.17. The Morgan fingerprint density at radius 3 is 2.52 bits per heavy atom. The number of amides is 1. The fourth-order valence-electron chi connectivity index (χ4n) is 2.93. The fourth-order valence-corrected chi connectivity index (χ4v) is 4.38. The zero-order chi connectivity index (χ0) is 24.6. The molecule has 2 aromatic heterocycles. The number of halogens is 2. The van der Waals surface area contributed by atoms with Gasteiger partial charge in [0.1, 0.15) is 22.3 Å². The minimum absolute atomic E-state index is 0.0401. The summed E-state index contributed by atoms with van der Waals surface area (Å²) in [4.78, 5) is 17.3. The summed E-state index contributed by atoms with van der Waals surface area (Å²) in [5.74, 6) is -0.651. The van der Waals surface area contributed by atoms with Gasteiger partial charge in [0.2, 0.25) is 9.84 Å². The lowest BCUT2D eigenvalue weighted by atomic mass is 10.2. The predicted octanol–water partition coefficient (Wildman–Crippen LogP) is 4.57. The van der Waals surface area contributed by atoms with E-state index in [9.17, 15) is 17.6 Å². The van der Waals surface area contributed by atoms with Gasteiger partial charge >= 0.3 is 6.09 Å². The maximum Gasteiger partial charge on any atom is 0.410 e. The maximum atomic E-state index is 14.7. The van der Waals surface area contributed by atoms with E-state index in [0.717, 1.165) is 10.9 Å². The Kier molecular flexibility index (Phi) is 6.80. The molecule has 0 saturated carbocycles. The SMILES string of the molecule is Cc1ccc(F)c(-n2nc(CN(C)C(=O)OC(C)(C)C)cc2S(=O)(=O)c2ccc(Cl)nc2)c1. The molecule has 1 aromatic carbocycles. The van der Waals surface area contributed by atoms with Crippen molar-refractivity contribution in [2.45, 2.75) is 49.8 Å². The molecule has 0 aliphatic heterocycles. The monoisotopic (exact) mass is 494 g/mol. The number of nitrogens with zero attached hydrogens (tertiary/aromatic N) is 4. The maximum absolute atomic E-state index is 14.7. The number of pyridine rings is 1. The normalized spacial score (nSPS) is 12.0. The zero-order valence-electron chi connectivity index (χ0n) is 18.8. The largest absolute Gasteiger partial charge is 0.444 e. The number of sulfone groups is 1. The van der Waals surface area contributed by atoms with Crippen molar-refractivity contribution in [1.82, 2.24) is 19.7 Å². The molecule has 2 heterocycles. The summed E-state index contributed by atoms with van der Waals surface area (Å²) in [5.41, 5.74) is 0.197. The first-order valence-corrected chi connectivity index (χ1v) is 11.8. The van der Waals surface area contributed by atoms with Gasteiger partial charge in [-0.2, -0.15) is 5.10 Å². The van der Waals surface area contributed by atoms with Crippen LogP contribution in [0.3, 0.4) is 0 Å². The highest BCUT2D eigenvalue weighted by atomic mass is 35.5. The first-order chi connectivity index (χ1) is 15.3. The second-order valence-corrected chi connectivity index (χ2v) is 10.8. The molecule has 0 radical (unpaired) electrons. The van der Waals surface area contributed by atoms with Crippen LogP contribution in [0.4, 0.5) is 9.18 Å². The van der Waals surface area contributed by atoms with Crippen LogP contribution in [0.2, 0.25) is 5.15 Å². The van der Waals surface area contributed by atoms with Crippen LogP contribution in [-0.4, -0.2) is 46.8 Å². The van der Waals surface area contributed by atoms with E-state index in [2.05, 4.69) is 10.1 Å². The van der Waals surface area contributed by atoms with Crippen molar-refractivity contribution in [2.24, 2.45) is 0 Å². The number of benzene rings is 1. The van der Waals surface area contributed by atoms with E-state index in [1.54, 1.807) is 33.8 Å². The first-order valence-electron chi connectivity index (χ1n) is 9.94. The van der Waals surface area contributed by atoms with Crippen LogP contribution in [0.1, 0.15) is 32.0 Å². The summed E-state index contributed by atoms with van der Waals surface area (Å²) in [6, 6.07) is 8.24. The molecule has 33 heavy (non-hydrogen) atoms. The molecule has 0 aliphatic carbocycles. The summed E-state index contributed by atoms with van der Waals surface area (Å²) < 4.78 is 47.8. The minimum atomic E-state index is -4.15. The molecule has 0 spiro atoms. The Morgan fingerprint density at radius 1 is 1.21 bits per heavy atom. The van der Waals surface area contributed by atoms with Gasteiger partial charge in [0.15, 0.2) is 5.03 Å². The van der Waals surface area contributed by atoms with Crippen molar-refractivity contribution in [3.63, 3.8) is 0 Å². The second kappa shape index (κ2) is 9.11. The van der Waals surface area contributed by atoms with Gasteiger partial charge in [0, 0.05) is 19.3 Å². The van der Waals surface area contributed by atoms with Crippen molar-refractivity contribution in [3.8, 4) is 5.69 Å². The lowest BCUT2D eigenvalue weighted by Crippen LogP contribution is -2.33. The molecule has 1 amide bonds. The molecular formula is C22H24ClFN4O4S. The quantitative estimate of drug-likeness (QED) is 0.482. The smallest absolute Gasteiger partial charge is 0.410 e. The Balaban J connectivity index is 2.10. The molecule has 0 unspecified atom stereocenters. The fraction of sp³-hybridized carbons (Fsp3) is 0.318. The highest BCUT2D eigenvalue weighted by Gasteiger charge is 2.28. The predicted molar refractivity (Wildman–Crippen MR) is 121 cm³/mol. The van der Waals surface area contributed by atoms with Crippen molar-refractivity contribution >= 4 is 27.5 Å². The Hall–Kier alpha value is -2.98. The molecule has 0 fully saturated rings. The second-order valence-electron chi connectivity index (χ2n) is 8.50. The number of aromatic nitrogens is 3. The van der Waals surface area contributed by atoms with Crippen LogP contribution in [-0.2, 0) is 21.1 Å². The lowest BCUT2D eigenvalue weighted by molar-refractivity contribution is 0.0283. The van der Waals surface area contributed by atoms with Crippen LogP contribution < -0.4 is 0 Å². The third-order valence-corrected chi connectivity index (χ3v) is 6.37. The van der Waals surface area contributed by atoms with Crippen LogP contribution >= 0.6 is 11.6 Å². The number of hydrogen-bond donors (Lipinski definition) is 0. The van der Waals surface area contributed by atoms with E-state index in [1.165, 1.54) is 42.3 Å². The van der Waals surface area contributed by atoms with Crippen molar-refractivity contribution in [3.05, 3.63) is 64.8 Å². The number of rotatable bonds is 5. The van der Waals surface area contributed by atoms with Gasteiger partial charge in [-0.1, -0.05) is 17.7 Å². The third-order valence-electron chi connectivity index (χ3n) is 4.45. The lowest BCUT2D eigenvalue weighted by Gasteiger charge is -2.24. The van der Waals surface area contributed by atoms with E-state index in [-0.39, 0.29) is 33.0 Å². The average molecular weight is 495 g/mol. The van der Waals surface area contributed by atoms with Gasteiger partial charge < -0.3 is 9.64 Å². The molecule has 0 saturated heterocycles. The number of ether oxygens (including phenoxy) is 1. The zero-order valence-corrected chi connectivity index (χ0v) is 20.4. The summed E-state index contributed by atoms with van der Waals surface area (Å²) >= 11 is 5.79. The topological polar surface area (TPSA) is 94.4 Å². The number of aryl methyl sites for hydroxylation is 1. The third kappa shape index (κ3) is 5.69. The van der Waals surface area contributed by atoms with Crippen molar-refractivity contribution < 1.29 is 22.3 Å². The molecule has 0 N–H and O–H groups in total. The van der Waals surface area contributed by atoms with Crippen molar-refractivity contribution in [2.75, 3.05) is 7.05 Å². The molecule has 3 aromatic rings. The van der Waals surface area contributed by atoms with Gasteiger partial charge in [-0.15, -0.1) is 0 Å². The van der Waals surface area contributed by atoms with E-state index < -0.39 is 27.3 Å². The Labute approximate surface area is 196 Å². The molecule has 0 aliphatic rings. The van der Waals surface area contributed by atoms with Crippen LogP contribution in [0.15, 0.2) is 52.5 Å². The Bertz CT molecular complexity index is 1280. The number of hydrogen-bond acceptors (Lipinski definition) is 6. The highest BCUT2D eigenvalue weighted by Crippen LogP contribution is 2.27. The summed E-state index contributed by atoms with van der Waals surface area (Å²) in [6.45, 7) is 6.90. The summed E-state index contributed by atoms with van der Waals surface area (Å²) in [6.07, 6.45) is 0.513. The highest BCUT2D eigenvalue weighted by molar-refractivity contribution is 7.91. The van der Waals surface area contributed by atoms with E-state index in [4.69, 9.17) is 16.3 Å². The van der Waals surface area contributed by atoms with Gasteiger partial charge in [-0.3, -0.25) is 0 Å².